The Morgan fingerprint density at radius 3 is 2.50 bits per heavy atom. The summed E-state index contributed by atoms with van der Waals surface area (Å²) in [6, 6.07) is 0.114. The molecule has 0 aliphatic carbocycles. The standard InChI is InChI=1S/C10H17NO3/c1-6(2)11-5-8(10(13)14-4)9(12)7(11)3/h6-8H,5H2,1-4H3. The van der Waals surface area contributed by atoms with Crippen molar-refractivity contribution in [3.63, 3.8) is 0 Å². The van der Waals surface area contributed by atoms with Gasteiger partial charge in [-0.1, -0.05) is 0 Å². The number of hydrogen-bond donors (Lipinski definition) is 0. The molecule has 4 heteroatoms. The molecule has 1 heterocycles. The first kappa shape index (κ1) is 11.2. The van der Waals surface area contributed by atoms with Gasteiger partial charge in [-0.3, -0.25) is 14.5 Å². The molecule has 4 nitrogen and oxygen atoms in total. The molecule has 0 spiro atoms. The van der Waals surface area contributed by atoms with Crippen molar-refractivity contribution in [3.05, 3.63) is 0 Å². The summed E-state index contributed by atoms with van der Waals surface area (Å²) >= 11 is 0. The molecule has 0 aromatic rings. The van der Waals surface area contributed by atoms with E-state index in [0.29, 0.717) is 6.54 Å². The van der Waals surface area contributed by atoms with E-state index in [2.05, 4.69) is 4.74 Å². The van der Waals surface area contributed by atoms with Crippen molar-refractivity contribution >= 4 is 11.8 Å². The zero-order valence-corrected chi connectivity index (χ0v) is 9.11. The Kier molecular flexibility index (Phi) is 3.26. The summed E-state index contributed by atoms with van der Waals surface area (Å²) in [5.74, 6) is -1.02. The zero-order valence-electron chi connectivity index (χ0n) is 9.11. The van der Waals surface area contributed by atoms with Crippen LogP contribution in [0.1, 0.15) is 20.8 Å². The van der Waals surface area contributed by atoms with Gasteiger partial charge in [-0.2, -0.15) is 0 Å². The molecule has 0 aromatic carbocycles. The number of Topliss-reactive ketones (excluding diaryl/α,β-unsaturated/α-hetero) is 1. The molecule has 1 saturated heterocycles. The van der Waals surface area contributed by atoms with Crippen LogP contribution in [0.2, 0.25) is 0 Å². The smallest absolute Gasteiger partial charge is 0.317 e. The molecule has 14 heavy (non-hydrogen) atoms. The normalized spacial score (nSPS) is 28.5. The minimum atomic E-state index is -0.586. The van der Waals surface area contributed by atoms with Crippen molar-refractivity contribution in [1.29, 1.82) is 0 Å². The Balaban J connectivity index is 2.76. The lowest BCUT2D eigenvalue weighted by Crippen LogP contribution is -2.35. The van der Waals surface area contributed by atoms with Crippen LogP contribution in [-0.2, 0) is 14.3 Å². The van der Waals surface area contributed by atoms with E-state index in [1.807, 2.05) is 25.7 Å². The predicted molar refractivity (Wildman–Crippen MR) is 51.8 cm³/mol. The summed E-state index contributed by atoms with van der Waals surface area (Å²) in [5, 5.41) is 0. The van der Waals surface area contributed by atoms with E-state index < -0.39 is 11.9 Å². The maximum atomic E-state index is 11.7. The minimum absolute atomic E-state index is 0.0226. The van der Waals surface area contributed by atoms with Crippen LogP contribution in [0.3, 0.4) is 0 Å². The molecule has 0 amide bonds. The van der Waals surface area contributed by atoms with Gasteiger partial charge in [-0.25, -0.2) is 0 Å². The quantitative estimate of drug-likeness (QED) is 0.479. The fourth-order valence-electron chi connectivity index (χ4n) is 1.90. The van der Waals surface area contributed by atoms with E-state index in [4.69, 9.17) is 0 Å². The van der Waals surface area contributed by atoms with Gasteiger partial charge >= 0.3 is 5.97 Å². The lowest BCUT2D eigenvalue weighted by molar-refractivity contribution is -0.147. The first-order chi connectivity index (χ1) is 6.49. The lowest BCUT2D eigenvalue weighted by Gasteiger charge is -2.23. The molecule has 2 unspecified atom stereocenters. The highest BCUT2D eigenvalue weighted by molar-refractivity contribution is 6.03. The van der Waals surface area contributed by atoms with Gasteiger partial charge < -0.3 is 4.74 Å². The summed E-state index contributed by atoms with van der Waals surface area (Å²) in [4.78, 5) is 25.0. The number of methoxy groups -OCH3 is 1. The van der Waals surface area contributed by atoms with Crippen molar-refractivity contribution in [3.8, 4) is 0 Å². The Bertz CT molecular complexity index is 250. The van der Waals surface area contributed by atoms with Gasteiger partial charge in [0.1, 0.15) is 5.92 Å². The first-order valence-electron chi connectivity index (χ1n) is 4.86. The highest BCUT2D eigenvalue weighted by atomic mass is 16.5. The number of hydrogen-bond acceptors (Lipinski definition) is 4. The molecule has 0 N–H and O–H groups in total. The summed E-state index contributed by atoms with van der Waals surface area (Å²) < 4.78 is 4.59. The van der Waals surface area contributed by atoms with Crippen LogP contribution in [0, 0.1) is 5.92 Å². The molecule has 80 valence electrons. The second-order valence-electron chi connectivity index (χ2n) is 3.94. The van der Waals surface area contributed by atoms with E-state index in [1.165, 1.54) is 7.11 Å². The van der Waals surface area contributed by atoms with Crippen molar-refractivity contribution in [2.24, 2.45) is 5.92 Å². The molecule has 0 bridgehead atoms. The zero-order chi connectivity index (χ0) is 10.9. The van der Waals surface area contributed by atoms with Crippen molar-refractivity contribution in [1.82, 2.24) is 4.90 Å². The summed E-state index contributed by atoms with van der Waals surface area (Å²) in [7, 11) is 1.32. The molecule has 1 fully saturated rings. The molecular formula is C10H17NO3. The molecular weight excluding hydrogens is 182 g/mol. The summed E-state index contributed by atoms with van der Waals surface area (Å²) in [6.07, 6.45) is 0. The van der Waals surface area contributed by atoms with Gasteiger partial charge in [-0.05, 0) is 20.8 Å². The SMILES string of the molecule is COC(=O)C1CN(C(C)C)C(C)C1=O. The molecule has 1 rings (SSSR count). The second kappa shape index (κ2) is 4.09. The van der Waals surface area contributed by atoms with Crippen molar-refractivity contribution < 1.29 is 14.3 Å². The van der Waals surface area contributed by atoms with Gasteiger partial charge in [-0.15, -0.1) is 0 Å². The maximum absolute atomic E-state index is 11.7. The van der Waals surface area contributed by atoms with E-state index in [1.54, 1.807) is 0 Å². The third-order valence-corrected chi connectivity index (χ3v) is 2.80. The fourth-order valence-corrected chi connectivity index (χ4v) is 1.90. The average molecular weight is 199 g/mol. The minimum Gasteiger partial charge on any atom is -0.468 e. The molecule has 1 aliphatic rings. The third-order valence-electron chi connectivity index (χ3n) is 2.80. The number of ketones is 1. The number of esters is 1. The summed E-state index contributed by atoms with van der Waals surface area (Å²) in [6.45, 7) is 6.36. The van der Waals surface area contributed by atoms with Crippen molar-refractivity contribution in [2.75, 3.05) is 13.7 Å². The molecule has 0 aromatic heterocycles. The van der Waals surface area contributed by atoms with E-state index in [-0.39, 0.29) is 17.9 Å². The molecule has 0 saturated carbocycles. The average Bonchev–Trinajstić information content (AvgIpc) is 2.43. The van der Waals surface area contributed by atoms with Crippen LogP contribution in [0.4, 0.5) is 0 Å². The Hall–Kier alpha value is -0.900. The van der Waals surface area contributed by atoms with Gasteiger partial charge in [0, 0.05) is 12.6 Å². The Morgan fingerprint density at radius 2 is 2.14 bits per heavy atom. The van der Waals surface area contributed by atoms with Crippen LogP contribution < -0.4 is 0 Å². The largest absolute Gasteiger partial charge is 0.468 e. The van der Waals surface area contributed by atoms with Gasteiger partial charge in [0.15, 0.2) is 5.78 Å². The lowest BCUT2D eigenvalue weighted by atomic mass is 10.1. The Labute approximate surface area is 84.2 Å². The van der Waals surface area contributed by atoms with E-state index in [9.17, 15) is 9.59 Å². The number of rotatable bonds is 2. The monoisotopic (exact) mass is 199 g/mol. The van der Waals surface area contributed by atoms with Crippen molar-refractivity contribution in [2.45, 2.75) is 32.9 Å². The van der Waals surface area contributed by atoms with Crippen LogP contribution in [0.25, 0.3) is 0 Å². The highest BCUT2D eigenvalue weighted by Gasteiger charge is 2.43. The Morgan fingerprint density at radius 1 is 1.57 bits per heavy atom. The second-order valence-corrected chi connectivity index (χ2v) is 3.94. The number of carbonyl (C=O) groups is 2. The fraction of sp³-hybridized carbons (Fsp3) is 0.800. The topological polar surface area (TPSA) is 46.6 Å². The van der Waals surface area contributed by atoms with Gasteiger partial charge in [0.2, 0.25) is 0 Å². The number of carbonyl (C=O) groups excluding carboxylic acids is 2. The molecule has 2 atom stereocenters. The number of likely N-dealkylation sites (tertiary alicyclic amines) is 1. The predicted octanol–water partition coefficient (Wildman–Crippen LogP) is 0.457. The van der Waals surface area contributed by atoms with E-state index in [0.717, 1.165) is 0 Å². The highest BCUT2D eigenvalue weighted by Crippen LogP contribution is 2.22. The first-order valence-corrected chi connectivity index (χ1v) is 4.86. The third kappa shape index (κ3) is 1.80. The van der Waals surface area contributed by atoms with Crippen LogP contribution in [0.15, 0.2) is 0 Å². The molecule has 1 aliphatic heterocycles. The van der Waals surface area contributed by atoms with E-state index >= 15 is 0 Å². The van der Waals surface area contributed by atoms with Crippen LogP contribution in [0.5, 0.6) is 0 Å². The summed E-state index contributed by atoms with van der Waals surface area (Å²) in [5.41, 5.74) is 0. The van der Waals surface area contributed by atoms with Crippen LogP contribution >= 0.6 is 0 Å². The van der Waals surface area contributed by atoms with Gasteiger partial charge in [0.05, 0.1) is 13.2 Å². The number of nitrogens with zero attached hydrogens (tertiary/aromatic N) is 1. The van der Waals surface area contributed by atoms with Crippen LogP contribution in [-0.4, -0.2) is 42.4 Å². The van der Waals surface area contributed by atoms with Gasteiger partial charge in [0.25, 0.3) is 0 Å². The molecule has 0 radical (unpaired) electrons. The number of ether oxygens (including phenoxy) is 1. The maximum Gasteiger partial charge on any atom is 0.317 e.